The summed E-state index contributed by atoms with van der Waals surface area (Å²) in [4.78, 5) is 0. The lowest BCUT2D eigenvalue weighted by Crippen LogP contribution is -2.34. The van der Waals surface area contributed by atoms with Crippen LogP contribution in [0.2, 0.25) is 0 Å². The molecule has 0 aliphatic carbocycles. The second-order valence-corrected chi connectivity index (χ2v) is 5.12. The zero-order valence-electron chi connectivity index (χ0n) is 11.3. The molecule has 0 amide bonds. The van der Waals surface area contributed by atoms with E-state index in [-0.39, 0.29) is 6.10 Å². The van der Waals surface area contributed by atoms with Crippen LogP contribution >= 0.6 is 11.6 Å². The predicted octanol–water partition coefficient (Wildman–Crippen LogP) is 0.761. The number of nitrogens with one attached hydrogen (secondary N) is 3. The molecule has 1 saturated heterocycles. The van der Waals surface area contributed by atoms with Crippen LogP contribution in [0.15, 0.2) is 11.8 Å². The summed E-state index contributed by atoms with van der Waals surface area (Å²) < 4.78 is 12.1. The van der Waals surface area contributed by atoms with Gasteiger partial charge in [0, 0.05) is 31.4 Å². The Morgan fingerprint density at radius 3 is 2.84 bits per heavy atom. The van der Waals surface area contributed by atoms with E-state index in [1.54, 1.807) is 0 Å². The molecule has 2 atom stereocenters. The van der Waals surface area contributed by atoms with E-state index in [4.69, 9.17) is 11.6 Å². The number of hydrogen-bond acceptors (Lipinski definition) is 4. The molecule has 0 aromatic carbocycles. The Kier molecular flexibility index (Phi) is 9.16. The first-order chi connectivity index (χ1) is 9.26. The number of rotatable bonds is 10. The predicted molar refractivity (Wildman–Crippen MR) is 77.3 cm³/mol. The monoisotopic (exact) mass is 293 g/mol. The Bertz CT molecular complexity index is 266. The molecule has 0 aromatic rings. The van der Waals surface area contributed by atoms with Crippen molar-refractivity contribution in [2.75, 3.05) is 38.7 Å². The van der Waals surface area contributed by atoms with Gasteiger partial charge in [-0.3, -0.25) is 0 Å². The molecule has 19 heavy (non-hydrogen) atoms. The number of β-amino-alcohol motifs (C(OH)–C–C–N with tert-alkyl or cyclic N) is 1. The molecular weight excluding hydrogens is 269 g/mol. The van der Waals surface area contributed by atoms with E-state index in [0.29, 0.717) is 18.5 Å². The standard InChI is InChI=1S/C13H25ClFN3O/c14-8-11(3-4-15)17-6-2-1-5-16-9-12-7-13(19)10-18-12/h3,12-13,16-19H,1-2,4-10H2/b11-3+/t12-,13-/m0/s1. The zero-order chi connectivity index (χ0) is 13.9. The summed E-state index contributed by atoms with van der Waals surface area (Å²) in [6, 6.07) is 0.392. The Labute approximate surface area is 119 Å². The van der Waals surface area contributed by atoms with Gasteiger partial charge in [0.1, 0.15) is 6.67 Å². The van der Waals surface area contributed by atoms with Crippen molar-refractivity contribution in [1.29, 1.82) is 0 Å². The third-order valence-corrected chi connectivity index (χ3v) is 3.48. The summed E-state index contributed by atoms with van der Waals surface area (Å²) in [6.45, 7) is 2.91. The topological polar surface area (TPSA) is 56.3 Å². The Balaban J connectivity index is 1.90. The van der Waals surface area contributed by atoms with Gasteiger partial charge in [0.05, 0.1) is 12.0 Å². The van der Waals surface area contributed by atoms with E-state index in [1.165, 1.54) is 6.08 Å². The molecule has 4 nitrogen and oxygen atoms in total. The SMILES string of the molecule is O[C@@H]1CN[C@H](CNCCCCN/C(=C/CF)CCl)C1. The molecule has 1 fully saturated rings. The van der Waals surface area contributed by atoms with Crippen molar-refractivity contribution in [2.24, 2.45) is 0 Å². The molecule has 1 heterocycles. The summed E-state index contributed by atoms with van der Waals surface area (Å²) in [5.74, 6) is 0.331. The van der Waals surface area contributed by atoms with Crippen LogP contribution in [0.4, 0.5) is 4.39 Å². The Hall–Kier alpha value is -0.360. The van der Waals surface area contributed by atoms with Gasteiger partial charge in [0.15, 0.2) is 0 Å². The average molecular weight is 294 g/mol. The normalized spacial score (nSPS) is 23.8. The molecule has 0 aromatic heterocycles. The number of hydrogen-bond donors (Lipinski definition) is 4. The van der Waals surface area contributed by atoms with Crippen LogP contribution in [-0.2, 0) is 0 Å². The summed E-state index contributed by atoms with van der Waals surface area (Å²) in [6.07, 6.45) is 4.21. The van der Waals surface area contributed by atoms with Crippen molar-refractivity contribution >= 4 is 11.6 Å². The number of aliphatic hydroxyl groups is 1. The van der Waals surface area contributed by atoms with Gasteiger partial charge in [-0.25, -0.2) is 4.39 Å². The third-order valence-electron chi connectivity index (χ3n) is 3.19. The van der Waals surface area contributed by atoms with Crippen molar-refractivity contribution in [1.82, 2.24) is 16.0 Å². The fourth-order valence-corrected chi connectivity index (χ4v) is 2.32. The smallest absolute Gasteiger partial charge is 0.110 e. The lowest BCUT2D eigenvalue weighted by Gasteiger charge is -2.11. The highest BCUT2D eigenvalue weighted by Crippen LogP contribution is 2.04. The number of halogens is 2. The van der Waals surface area contributed by atoms with Gasteiger partial charge in [-0.15, -0.1) is 11.6 Å². The minimum atomic E-state index is -0.475. The average Bonchev–Trinajstić information content (AvgIpc) is 2.82. The number of unbranched alkanes of at least 4 members (excludes halogenated alkanes) is 1. The maximum Gasteiger partial charge on any atom is 0.110 e. The summed E-state index contributed by atoms with van der Waals surface area (Å²) in [5, 5.41) is 19.1. The van der Waals surface area contributed by atoms with E-state index in [9.17, 15) is 9.50 Å². The summed E-state index contributed by atoms with van der Waals surface area (Å²) in [7, 11) is 0. The van der Waals surface area contributed by atoms with Gasteiger partial charge < -0.3 is 21.1 Å². The molecule has 0 saturated carbocycles. The van der Waals surface area contributed by atoms with Crippen LogP contribution in [-0.4, -0.2) is 56.0 Å². The Morgan fingerprint density at radius 2 is 2.21 bits per heavy atom. The largest absolute Gasteiger partial charge is 0.392 e. The Morgan fingerprint density at radius 1 is 1.42 bits per heavy atom. The molecule has 1 aliphatic heterocycles. The minimum absolute atomic E-state index is 0.188. The molecule has 112 valence electrons. The van der Waals surface area contributed by atoms with Crippen molar-refractivity contribution < 1.29 is 9.50 Å². The van der Waals surface area contributed by atoms with Crippen molar-refractivity contribution in [3.05, 3.63) is 11.8 Å². The van der Waals surface area contributed by atoms with Gasteiger partial charge in [-0.2, -0.15) is 0 Å². The van der Waals surface area contributed by atoms with Gasteiger partial charge in [-0.1, -0.05) is 0 Å². The van der Waals surface area contributed by atoms with Crippen LogP contribution in [0.3, 0.4) is 0 Å². The summed E-state index contributed by atoms with van der Waals surface area (Å²) >= 11 is 5.66. The van der Waals surface area contributed by atoms with Crippen LogP contribution in [0, 0.1) is 0 Å². The molecule has 0 bridgehead atoms. The molecule has 1 rings (SSSR count). The van der Waals surface area contributed by atoms with Crippen LogP contribution in [0.5, 0.6) is 0 Å². The lowest BCUT2D eigenvalue weighted by molar-refractivity contribution is 0.193. The zero-order valence-corrected chi connectivity index (χ0v) is 12.1. The van der Waals surface area contributed by atoms with Crippen molar-refractivity contribution in [3.8, 4) is 0 Å². The van der Waals surface area contributed by atoms with E-state index >= 15 is 0 Å². The minimum Gasteiger partial charge on any atom is -0.392 e. The maximum absolute atomic E-state index is 12.1. The second-order valence-electron chi connectivity index (χ2n) is 4.85. The van der Waals surface area contributed by atoms with E-state index in [1.807, 2.05) is 0 Å². The second kappa shape index (κ2) is 10.4. The lowest BCUT2D eigenvalue weighted by atomic mass is 10.2. The first-order valence-electron chi connectivity index (χ1n) is 6.93. The number of aliphatic hydroxyl groups excluding tert-OH is 1. The highest BCUT2D eigenvalue weighted by molar-refractivity contribution is 6.19. The molecule has 6 heteroatoms. The van der Waals surface area contributed by atoms with Crippen molar-refractivity contribution in [3.63, 3.8) is 0 Å². The van der Waals surface area contributed by atoms with Crippen molar-refractivity contribution in [2.45, 2.75) is 31.4 Å². The van der Waals surface area contributed by atoms with Gasteiger partial charge in [-0.05, 0) is 31.9 Å². The van der Waals surface area contributed by atoms with E-state index in [0.717, 1.165) is 44.6 Å². The molecule has 0 radical (unpaired) electrons. The number of allylic oxidation sites excluding steroid dienone is 2. The molecular formula is C13H25ClFN3O. The first-order valence-corrected chi connectivity index (χ1v) is 7.46. The fraction of sp³-hybridized carbons (Fsp3) is 0.846. The highest BCUT2D eigenvalue weighted by Gasteiger charge is 2.20. The third kappa shape index (κ3) is 7.72. The van der Waals surface area contributed by atoms with Gasteiger partial charge in [0.25, 0.3) is 0 Å². The van der Waals surface area contributed by atoms with Gasteiger partial charge >= 0.3 is 0 Å². The van der Waals surface area contributed by atoms with E-state index < -0.39 is 6.67 Å². The van der Waals surface area contributed by atoms with Crippen LogP contribution in [0.1, 0.15) is 19.3 Å². The van der Waals surface area contributed by atoms with Gasteiger partial charge in [0.2, 0.25) is 0 Å². The molecule has 1 aliphatic rings. The molecule has 4 N–H and O–H groups in total. The first kappa shape index (κ1) is 16.7. The summed E-state index contributed by atoms with van der Waals surface area (Å²) in [5.41, 5.74) is 0.765. The number of alkyl halides is 2. The maximum atomic E-state index is 12.1. The molecule has 0 spiro atoms. The fourth-order valence-electron chi connectivity index (χ4n) is 2.12. The van der Waals surface area contributed by atoms with Crippen LogP contribution in [0.25, 0.3) is 0 Å². The highest BCUT2D eigenvalue weighted by atomic mass is 35.5. The molecule has 0 unspecified atom stereocenters. The quantitative estimate of drug-likeness (QED) is 0.355. The van der Waals surface area contributed by atoms with E-state index in [2.05, 4.69) is 16.0 Å². The van der Waals surface area contributed by atoms with Crippen LogP contribution < -0.4 is 16.0 Å².